The average molecular weight is 295 g/mol. The van der Waals surface area contributed by atoms with Crippen molar-refractivity contribution in [2.24, 2.45) is 0 Å². The average Bonchev–Trinajstić information content (AvgIpc) is 2.43. The molecular formula is C14H12ClFN2O2. The van der Waals surface area contributed by atoms with Crippen LogP contribution in [0, 0.1) is 15.9 Å². The molecule has 0 fully saturated rings. The number of nitrogens with zero attached hydrogens (tertiary/aromatic N) is 1. The van der Waals surface area contributed by atoms with Crippen LogP contribution in [-0.4, -0.2) is 4.92 Å². The van der Waals surface area contributed by atoms with E-state index in [4.69, 9.17) is 11.6 Å². The van der Waals surface area contributed by atoms with Gasteiger partial charge >= 0.3 is 0 Å². The summed E-state index contributed by atoms with van der Waals surface area (Å²) in [6.07, 6.45) is 0. The minimum Gasteiger partial charge on any atom is -0.378 e. The number of anilines is 1. The van der Waals surface area contributed by atoms with E-state index in [0.717, 1.165) is 5.56 Å². The van der Waals surface area contributed by atoms with Gasteiger partial charge in [-0.2, -0.15) is 0 Å². The lowest BCUT2D eigenvalue weighted by molar-refractivity contribution is -0.384. The highest BCUT2D eigenvalue weighted by Crippen LogP contribution is 2.24. The van der Waals surface area contributed by atoms with Crippen molar-refractivity contribution in [3.05, 3.63) is 69.0 Å². The zero-order valence-electron chi connectivity index (χ0n) is 10.6. The van der Waals surface area contributed by atoms with Gasteiger partial charge in [0.15, 0.2) is 0 Å². The van der Waals surface area contributed by atoms with Crippen LogP contribution in [0.25, 0.3) is 0 Å². The van der Waals surface area contributed by atoms with E-state index in [1.54, 1.807) is 18.2 Å². The van der Waals surface area contributed by atoms with Crippen LogP contribution in [0.5, 0.6) is 0 Å². The first-order valence-corrected chi connectivity index (χ1v) is 6.31. The zero-order chi connectivity index (χ0) is 14.7. The molecule has 0 aliphatic rings. The molecule has 20 heavy (non-hydrogen) atoms. The van der Waals surface area contributed by atoms with E-state index in [1.807, 2.05) is 6.92 Å². The molecule has 4 nitrogen and oxygen atoms in total. The number of rotatable bonds is 4. The lowest BCUT2D eigenvalue weighted by Crippen LogP contribution is -2.06. The van der Waals surface area contributed by atoms with Crippen LogP contribution < -0.4 is 5.32 Å². The van der Waals surface area contributed by atoms with E-state index in [0.29, 0.717) is 5.69 Å². The van der Waals surface area contributed by atoms with Gasteiger partial charge in [-0.15, -0.1) is 0 Å². The number of nitro groups is 1. The van der Waals surface area contributed by atoms with E-state index in [-0.39, 0.29) is 16.8 Å². The Morgan fingerprint density at radius 2 is 1.90 bits per heavy atom. The normalized spacial score (nSPS) is 11.9. The van der Waals surface area contributed by atoms with Gasteiger partial charge < -0.3 is 5.32 Å². The maximum Gasteiger partial charge on any atom is 0.269 e. The fourth-order valence-corrected chi connectivity index (χ4v) is 1.98. The fourth-order valence-electron chi connectivity index (χ4n) is 1.80. The summed E-state index contributed by atoms with van der Waals surface area (Å²) in [4.78, 5) is 10.1. The molecule has 0 heterocycles. The number of nitrogens with one attached hydrogen (secondary N) is 1. The SMILES string of the molecule is CC(Nc1ccc(F)c(Cl)c1)c1ccc([N+](=O)[O-])cc1. The summed E-state index contributed by atoms with van der Waals surface area (Å²) in [5.74, 6) is -0.472. The smallest absolute Gasteiger partial charge is 0.269 e. The minimum atomic E-state index is -0.472. The van der Waals surface area contributed by atoms with Crippen molar-refractivity contribution in [3.8, 4) is 0 Å². The van der Waals surface area contributed by atoms with Gasteiger partial charge in [-0.3, -0.25) is 10.1 Å². The van der Waals surface area contributed by atoms with E-state index in [1.165, 1.54) is 24.3 Å². The van der Waals surface area contributed by atoms with Gasteiger partial charge in [0.05, 0.1) is 9.95 Å². The van der Waals surface area contributed by atoms with E-state index < -0.39 is 10.7 Å². The Bertz CT molecular complexity index is 632. The highest BCUT2D eigenvalue weighted by Gasteiger charge is 2.09. The molecule has 0 amide bonds. The van der Waals surface area contributed by atoms with Crippen LogP contribution in [0.2, 0.25) is 5.02 Å². The monoisotopic (exact) mass is 294 g/mol. The number of hydrogen-bond donors (Lipinski definition) is 1. The lowest BCUT2D eigenvalue weighted by Gasteiger charge is -2.15. The van der Waals surface area contributed by atoms with Crippen molar-refractivity contribution >= 4 is 23.0 Å². The summed E-state index contributed by atoms with van der Waals surface area (Å²) in [6.45, 7) is 1.90. The Hall–Kier alpha value is -2.14. The van der Waals surface area contributed by atoms with Crippen molar-refractivity contribution in [1.82, 2.24) is 0 Å². The zero-order valence-corrected chi connectivity index (χ0v) is 11.4. The van der Waals surface area contributed by atoms with E-state index in [9.17, 15) is 14.5 Å². The standard InChI is InChI=1S/C14H12ClFN2O2/c1-9(10-2-5-12(6-3-10)18(19)20)17-11-4-7-14(16)13(15)8-11/h2-9,17H,1H3. The highest BCUT2D eigenvalue weighted by atomic mass is 35.5. The van der Waals surface area contributed by atoms with Crippen LogP contribution in [-0.2, 0) is 0 Å². The first-order valence-electron chi connectivity index (χ1n) is 5.93. The second-order valence-electron chi connectivity index (χ2n) is 4.34. The molecule has 0 saturated carbocycles. The molecule has 1 atom stereocenters. The molecule has 2 aromatic carbocycles. The third kappa shape index (κ3) is 3.24. The van der Waals surface area contributed by atoms with Crippen LogP contribution in [0.15, 0.2) is 42.5 Å². The number of non-ortho nitro benzene ring substituents is 1. The molecular weight excluding hydrogens is 283 g/mol. The molecule has 104 valence electrons. The van der Waals surface area contributed by atoms with Crippen LogP contribution >= 0.6 is 11.6 Å². The summed E-state index contributed by atoms with van der Waals surface area (Å²) in [5.41, 5.74) is 1.61. The topological polar surface area (TPSA) is 55.2 Å². The summed E-state index contributed by atoms with van der Waals surface area (Å²) < 4.78 is 13.1. The van der Waals surface area contributed by atoms with E-state index in [2.05, 4.69) is 5.32 Å². The maximum atomic E-state index is 13.1. The molecule has 6 heteroatoms. The molecule has 0 aliphatic carbocycles. The quantitative estimate of drug-likeness (QED) is 0.664. The third-order valence-corrected chi connectivity index (χ3v) is 3.20. The molecule has 2 rings (SSSR count). The van der Waals surface area contributed by atoms with Crippen LogP contribution in [0.3, 0.4) is 0 Å². The Morgan fingerprint density at radius 1 is 1.25 bits per heavy atom. The second-order valence-corrected chi connectivity index (χ2v) is 4.75. The summed E-state index contributed by atoms with van der Waals surface area (Å²) >= 11 is 5.71. The Kier molecular flexibility index (Phi) is 4.20. The molecule has 0 radical (unpaired) electrons. The van der Waals surface area contributed by atoms with Gasteiger partial charge in [0.25, 0.3) is 5.69 Å². The number of hydrogen-bond acceptors (Lipinski definition) is 3. The summed E-state index contributed by atoms with van der Waals surface area (Å²) in [6, 6.07) is 10.5. The van der Waals surface area contributed by atoms with Gasteiger partial charge in [-0.05, 0) is 30.7 Å². The van der Waals surface area contributed by atoms with Crippen molar-refractivity contribution in [2.45, 2.75) is 13.0 Å². The molecule has 0 bridgehead atoms. The molecule has 0 aromatic heterocycles. The Balaban J connectivity index is 2.12. The number of benzene rings is 2. The van der Waals surface area contributed by atoms with E-state index >= 15 is 0 Å². The predicted octanol–water partition coefficient (Wildman–Crippen LogP) is 4.56. The summed E-state index contributed by atoms with van der Waals surface area (Å²) in [7, 11) is 0. The fraction of sp³-hybridized carbons (Fsp3) is 0.143. The van der Waals surface area contributed by atoms with Crippen molar-refractivity contribution in [3.63, 3.8) is 0 Å². The minimum absolute atomic E-state index is 0.0470. The van der Waals surface area contributed by atoms with Crippen molar-refractivity contribution < 1.29 is 9.31 Å². The van der Waals surface area contributed by atoms with Crippen molar-refractivity contribution in [1.29, 1.82) is 0 Å². The lowest BCUT2D eigenvalue weighted by atomic mass is 10.1. The molecule has 1 unspecified atom stereocenters. The first-order chi connectivity index (χ1) is 9.47. The number of halogens is 2. The van der Waals surface area contributed by atoms with Crippen LogP contribution in [0.1, 0.15) is 18.5 Å². The Morgan fingerprint density at radius 3 is 2.45 bits per heavy atom. The molecule has 1 N–H and O–H groups in total. The van der Waals surface area contributed by atoms with Gasteiger partial charge in [-0.1, -0.05) is 23.7 Å². The third-order valence-electron chi connectivity index (χ3n) is 2.91. The predicted molar refractivity (Wildman–Crippen MR) is 76.5 cm³/mol. The van der Waals surface area contributed by atoms with Crippen molar-refractivity contribution in [2.75, 3.05) is 5.32 Å². The van der Waals surface area contributed by atoms with Gasteiger partial charge in [0.2, 0.25) is 0 Å². The maximum absolute atomic E-state index is 13.1. The molecule has 0 aliphatic heterocycles. The van der Waals surface area contributed by atoms with Gasteiger partial charge in [0, 0.05) is 23.9 Å². The number of nitro benzene ring substituents is 1. The van der Waals surface area contributed by atoms with Gasteiger partial charge in [-0.25, -0.2) is 4.39 Å². The second kappa shape index (κ2) is 5.88. The molecule has 2 aromatic rings. The molecule has 0 spiro atoms. The molecule has 0 saturated heterocycles. The largest absolute Gasteiger partial charge is 0.378 e. The first kappa shape index (κ1) is 14.3. The highest BCUT2D eigenvalue weighted by molar-refractivity contribution is 6.31. The van der Waals surface area contributed by atoms with Crippen LogP contribution in [0.4, 0.5) is 15.8 Å². The van der Waals surface area contributed by atoms with Gasteiger partial charge in [0.1, 0.15) is 5.82 Å². The Labute approximate surface area is 120 Å². The summed E-state index contributed by atoms with van der Waals surface area (Å²) in [5, 5.41) is 13.8.